The van der Waals surface area contributed by atoms with Crippen molar-refractivity contribution in [3.63, 3.8) is 0 Å². The monoisotopic (exact) mass is 386 g/mol. The van der Waals surface area contributed by atoms with Crippen LogP contribution in [0.2, 0.25) is 0 Å². The van der Waals surface area contributed by atoms with Gasteiger partial charge in [-0.1, -0.05) is 24.3 Å². The number of nitrogens with one attached hydrogen (secondary N) is 1. The Morgan fingerprint density at radius 2 is 1.79 bits per heavy atom. The van der Waals surface area contributed by atoms with Gasteiger partial charge in [0.2, 0.25) is 5.91 Å². The van der Waals surface area contributed by atoms with E-state index in [2.05, 4.69) is 15.3 Å². The van der Waals surface area contributed by atoms with E-state index in [1.165, 1.54) is 6.07 Å². The van der Waals surface area contributed by atoms with Crippen molar-refractivity contribution in [2.24, 2.45) is 5.73 Å². The van der Waals surface area contributed by atoms with Gasteiger partial charge in [0.1, 0.15) is 5.82 Å². The molecule has 0 unspecified atom stereocenters. The quantitative estimate of drug-likeness (QED) is 0.689. The molecule has 2 aromatic carbocycles. The number of hydrogen-bond acceptors (Lipinski definition) is 4. The topological polar surface area (TPSA) is 80.9 Å². The van der Waals surface area contributed by atoms with Gasteiger partial charge in [0, 0.05) is 29.4 Å². The zero-order chi connectivity index (χ0) is 20.3. The summed E-state index contributed by atoms with van der Waals surface area (Å²) in [5, 5.41) is 3.03. The molecule has 0 saturated carbocycles. The second kappa shape index (κ2) is 7.67. The van der Waals surface area contributed by atoms with Gasteiger partial charge >= 0.3 is 6.18 Å². The standard InChI is InChI=1S/C20H17F3N4O/c1-12-9-17(25-11-13-3-2-4-16(10-13)20(21,22)23)27-19(26-12)15-7-5-14(6-8-15)18(24)28/h2-10H,11H2,1H3,(H2,24,28)(H,25,26,27). The van der Waals surface area contributed by atoms with E-state index in [0.717, 1.165) is 12.1 Å². The van der Waals surface area contributed by atoms with Crippen molar-refractivity contribution in [2.45, 2.75) is 19.6 Å². The van der Waals surface area contributed by atoms with E-state index >= 15 is 0 Å². The number of aromatic nitrogens is 2. The molecule has 0 spiro atoms. The van der Waals surface area contributed by atoms with Gasteiger partial charge in [-0.3, -0.25) is 4.79 Å². The van der Waals surface area contributed by atoms with Crippen LogP contribution in [-0.2, 0) is 12.7 Å². The Bertz CT molecular complexity index is 1000. The van der Waals surface area contributed by atoms with Gasteiger partial charge in [-0.15, -0.1) is 0 Å². The maximum absolute atomic E-state index is 12.8. The lowest BCUT2D eigenvalue weighted by atomic mass is 10.1. The van der Waals surface area contributed by atoms with Crippen LogP contribution in [0.4, 0.5) is 19.0 Å². The maximum Gasteiger partial charge on any atom is 0.416 e. The van der Waals surface area contributed by atoms with Crippen LogP contribution < -0.4 is 11.1 Å². The van der Waals surface area contributed by atoms with Crippen LogP contribution in [0.5, 0.6) is 0 Å². The number of primary amides is 1. The first-order valence-corrected chi connectivity index (χ1v) is 8.38. The Kier molecular flexibility index (Phi) is 5.30. The number of rotatable bonds is 5. The normalized spacial score (nSPS) is 11.3. The van der Waals surface area contributed by atoms with Crippen molar-refractivity contribution >= 4 is 11.7 Å². The number of nitrogens with zero attached hydrogens (tertiary/aromatic N) is 2. The largest absolute Gasteiger partial charge is 0.416 e. The van der Waals surface area contributed by atoms with Crippen LogP contribution in [0.1, 0.15) is 27.2 Å². The van der Waals surface area contributed by atoms with Crippen molar-refractivity contribution in [3.05, 3.63) is 77.0 Å². The average molecular weight is 386 g/mol. The van der Waals surface area contributed by atoms with E-state index < -0.39 is 17.6 Å². The molecule has 0 saturated heterocycles. The number of halogens is 3. The predicted molar refractivity (Wildman–Crippen MR) is 99.5 cm³/mol. The van der Waals surface area contributed by atoms with Gasteiger partial charge in [-0.25, -0.2) is 9.97 Å². The van der Waals surface area contributed by atoms with Gasteiger partial charge in [-0.2, -0.15) is 13.2 Å². The summed E-state index contributed by atoms with van der Waals surface area (Å²) in [5.74, 6) is 0.390. The molecule has 0 aliphatic carbocycles. The second-order valence-electron chi connectivity index (χ2n) is 6.21. The zero-order valence-electron chi connectivity index (χ0n) is 14.9. The first-order chi connectivity index (χ1) is 13.2. The highest BCUT2D eigenvalue weighted by atomic mass is 19.4. The third-order valence-corrected chi connectivity index (χ3v) is 4.01. The first-order valence-electron chi connectivity index (χ1n) is 8.38. The fourth-order valence-electron chi connectivity index (χ4n) is 2.62. The number of carbonyl (C=O) groups is 1. The predicted octanol–water partition coefficient (Wildman–Crippen LogP) is 4.18. The Morgan fingerprint density at radius 1 is 1.07 bits per heavy atom. The highest BCUT2D eigenvalue weighted by molar-refractivity contribution is 5.93. The molecule has 0 radical (unpaired) electrons. The fraction of sp³-hybridized carbons (Fsp3) is 0.150. The Hall–Kier alpha value is -3.42. The van der Waals surface area contributed by atoms with Gasteiger partial charge < -0.3 is 11.1 Å². The molecular weight excluding hydrogens is 369 g/mol. The summed E-state index contributed by atoms with van der Waals surface area (Å²) in [7, 11) is 0. The van der Waals surface area contributed by atoms with Crippen molar-refractivity contribution in [2.75, 3.05) is 5.32 Å². The van der Waals surface area contributed by atoms with E-state index in [1.54, 1.807) is 43.3 Å². The average Bonchev–Trinajstić information content (AvgIpc) is 2.65. The number of anilines is 1. The minimum Gasteiger partial charge on any atom is -0.366 e. The van der Waals surface area contributed by atoms with Crippen LogP contribution in [0, 0.1) is 6.92 Å². The lowest BCUT2D eigenvalue weighted by molar-refractivity contribution is -0.137. The summed E-state index contributed by atoms with van der Waals surface area (Å²) in [4.78, 5) is 19.9. The second-order valence-corrected chi connectivity index (χ2v) is 6.21. The molecule has 144 valence electrons. The maximum atomic E-state index is 12.8. The number of nitrogens with two attached hydrogens (primary N) is 1. The molecular formula is C20H17F3N4O. The molecule has 0 aliphatic rings. The van der Waals surface area contributed by atoms with E-state index in [0.29, 0.717) is 34.0 Å². The van der Waals surface area contributed by atoms with Crippen LogP contribution >= 0.6 is 0 Å². The first kappa shape index (κ1) is 19.3. The lowest BCUT2D eigenvalue weighted by Gasteiger charge is -2.11. The molecule has 0 fully saturated rings. The number of carbonyl (C=O) groups excluding carboxylic acids is 1. The number of aryl methyl sites for hydroxylation is 1. The highest BCUT2D eigenvalue weighted by Gasteiger charge is 2.30. The number of benzene rings is 2. The van der Waals surface area contributed by atoms with Gasteiger partial charge in [0.05, 0.1) is 5.56 Å². The molecule has 1 heterocycles. The van der Waals surface area contributed by atoms with Crippen LogP contribution in [0.3, 0.4) is 0 Å². The van der Waals surface area contributed by atoms with Crippen molar-refractivity contribution in [1.82, 2.24) is 9.97 Å². The molecule has 0 bridgehead atoms. The number of hydrogen-bond donors (Lipinski definition) is 2. The molecule has 1 amide bonds. The summed E-state index contributed by atoms with van der Waals surface area (Å²) in [6, 6.07) is 13.4. The third-order valence-electron chi connectivity index (χ3n) is 4.01. The SMILES string of the molecule is Cc1cc(NCc2cccc(C(F)(F)F)c2)nc(-c2ccc(C(N)=O)cc2)n1. The summed E-state index contributed by atoms with van der Waals surface area (Å²) >= 11 is 0. The number of amides is 1. The van der Waals surface area contributed by atoms with Gasteiger partial charge in [0.25, 0.3) is 0 Å². The van der Waals surface area contributed by atoms with Gasteiger partial charge in [0.15, 0.2) is 5.82 Å². The Balaban J connectivity index is 1.79. The highest BCUT2D eigenvalue weighted by Crippen LogP contribution is 2.29. The molecule has 3 aromatic rings. The summed E-state index contributed by atoms with van der Waals surface area (Å²) in [5.41, 5.74) is 6.78. The van der Waals surface area contributed by atoms with E-state index in [1.807, 2.05) is 0 Å². The summed E-state index contributed by atoms with van der Waals surface area (Å²) < 4.78 is 38.5. The Morgan fingerprint density at radius 3 is 2.43 bits per heavy atom. The lowest BCUT2D eigenvalue weighted by Crippen LogP contribution is -2.10. The minimum absolute atomic E-state index is 0.181. The molecule has 3 N–H and O–H groups in total. The smallest absolute Gasteiger partial charge is 0.366 e. The fourth-order valence-corrected chi connectivity index (χ4v) is 2.62. The number of alkyl halides is 3. The molecule has 28 heavy (non-hydrogen) atoms. The van der Waals surface area contributed by atoms with E-state index in [-0.39, 0.29) is 6.54 Å². The molecule has 5 nitrogen and oxygen atoms in total. The van der Waals surface area contributed by atoms with Crippen LogP contribution in [-0.4, -0.2) is 15.9 Å². The summed E-state index contributed by atoms with van der Waals surface area (Å²) in [6.07, 6.45) is -4.38. The molecule has 8 heteroatoms. The molecule has 1 aromatic heterocycles. The Labute approximate surface area is 159 Å². The summed E-state index contributed by atoms with van der Waals surface area (Å²) in [6.45, 7) is 1.97. The third kappa shape index (κ3) is 4.64. The van der Waals surface area contributed by atoms with Crippen LogP contribution in [0.25, 0.3) is 11.4 Å². The van der Waals surface area contributed by atoms with Crippen molar-refractivity contribution in [1.29, 1.82) is 0 Å². The zero-order valence-corrected chi connectivity index (χ0v) is 14.9. The van der Waals surface area contributed by atoms with Gasteiger partial charge in [-0.05, 0) is 36.8 Å². The minimum atomic E-state index is -4.38. The molecule has 0 aliphatic heterocycles. The van der Waals surface area contributed by atoms with E-state index in [9.17, 15) is 18.0 Å². The van der Waals surface area contributed by atoms with Crippen LogP contribution in [0.15, 0.2) is 54.6 Å². The van der Waals surface area contributed by atoms with Crippen molar-refractivity contribution < 1.29 is 18.0 Å². The molecule has 0 atom stereocenters. The molecule has 3 rings (SSSR count). The van der Waals surface area contributed by atoms with Crippen molar-refractivity contribution in [3.8, 4) is 11.4 Å². The van der Waals surface area contributed by atoms with E-state index in [4.69, 9.17) is 5.73 Å².